The Labute approximate surface area is 122 Å². The summed E-state index contributed by atoms with van der Waals surface area (Å²) in [5.41, 5.74) is -0.638. The second-order valence-corrected chi connectivity index (χ2v) is 6.27. The van der Waals surface area contributed by atoms with Crippen LogP contribution < -0.4 is 4.74 Å². The molecule has 0 aromatic heterocycles. The van der Waals surface area contributed by atoms with E-state index in [0.29, 0.717) is 36.7 Å². The molecule has 0 unspecified atom stereocenters. The van der Waals surface area contributed by atoms with Crippen molar-refractivity contribution in [3.05, 3.63) is 60.2 Å². The van der Waals surface area contributed by atoms with Gasteiger partial charge in [-0.2, -0.15) is 0 Å². The predicted molar refractivity (Wildman–Crippen MR) is 76.6 cm³/mol. The highest BCUT2D eigenvalue weighted by molar-refractivity contribution is 5.36. The van der Waals surface area contributed by atoms with Gasteiger partial charge in [0.2, 0.25) is 0 Å². The molecule has 0 N–H and O–H groups in total. The number of halogens is 2. The first-order chi connectivity index (χ1) is 10.1. The third-order valence-electron chi connectivity index (χ3n) is 4.90. The van der Waals surface area contributed by atoms with E-state index in [9.17, 15) is 8.78 Å². The summed E-state index contributed by atoms with van der Waals surface area (Å²) < 4.78 is 34.7. The van der Waals surface area contributed by atoms with E-state index >= 15 is 0 Å². The molecular formula is C18H16F2O. The summed E-state index contributed by atoms with van der Waals surface area (Å²) >= 11 is 0. The van der Waals surface area contributed by atoms with Gasteiger partial charge in [0.25, 0.3) is 5.92 Å². The monoisotopic (exact) mass is 286 g/mol. The van der Waals surface area contributed by atoms with Crippen molar-refractivity contribution >= 4 is 0 Å². The number of rotatable bonds is 4. The average molecular weight is 286 g/mol. The molecule has 3 fully saturated rings. The average Bonchev–Trinajstić information content (AvgIpc) is 2.36. The normalized spacial score (nSPS) is 26.7. The molecule has 108 valence electrons. The van der Waals surface area contributed by atoms with Crippen molar-refractivity contribution < 1.29 is 13.5 Å². The number of hydrogen-bond donors (Lipinski definition) is 0. The highest BCUT2D eigenvalue weighted by Crippen LogP contribution is 2.73. The van der Waals surface area contributed by atoms with Crippen LogP contribution in [0.4, 0.5) is 8.78 Å². The van der Waals surface area contributed by atoms with Crippen LogP contribution >= 0.6 is 0 Å². The molecule has 5 rings (SSSR count). The predicted octanol–water partition coefficient (Wildman–Crippen LogP) is 5.37. The van der Waals surface area contributed by atoms with Crippen molar-refractivity contribution in [2.45, 2.75) is 25.2 Å². The van der Waals surface area contributed by atoms with Crippen molar-refractivity contribution in [1.29, 1.82) is 0 Å². The molecule has 0 amide bonds. The second kappa shape index (κ2) is 4.30. The molecule has 3 heteroatoms. The number of ether oxygens (including phenoxy) is 1. The Morgan fingerprint density at radius 3 is 1.95 bits per heavy atom. The summed E-state index contributed by atoms with van der Waals surface area (Å²) in [5, 5.41) is 0. The first-order valence-electron chi connectivity index (χ1n) is 7.30. The number of para-hydroxylation sites is 1. The lowest BCUT2D eigenvalue weighted by atomic mass is 9.41. The third kappa shape index (κ3) is 1.87. The molecule has 2 aromatic carbocycles. The Kier molecular flexibility index (Phi) is 2.62. The lowest BCUT2D eigenvalue weighted by molar-refractivity contribution is -0.271. The van der Waals surface area contributed by atoms with Crippen LogP contribution in [-0.2, 0) is 5.92 Å². The van der Waals surface area contributed by atoms with Gasteiger partial charge >= 0.3 is 0 Å². The molecule has 2 bridgehead atoms. The largest absolute Gasteiger partial charge is 0.457 e. The summed E-state index contributed by atoms with van der Waals surface area (Å²) in [6.45, 7) is 0. The SMILES string of the molecule is FC(F)(c1ccc(Oc2ccccc2)cc1)C12CC(C1)C2. The Bertz CT molecular complexity index is 632. The Balaban J connectivity index is 1.53. The lowest BCUT2D eigenvalue weighted by Gasteiger charge is -2.64. The van der Waals surface area contributed by atoms with E-state index in [1.54, 1.807) is 12.1 Å². The molecule has 0 aliphatic heterocycles. The van der Waals surface area contributed by atoms with Gasteiger partial charge in [-0.15, -0.1) is 0 Å². The molecule has 3 aliphatic rings. The lowest BCUT2D eigenvalue weighted by Crippen LogP contribution is -2.60. The van der Waals surface area contributed by atoms with Crippen LogP contribution in [0.2, 0.25) is 0 Å². The molecule has 1 nitrogen and oxygen atoms in total. The minimum atomic E-state index is -2.72. The van der Waals surface area contributed by atoms with Crippen molar-refractivity contribution in [2.24, 2.45) is 11.3 Å². The fourth-order valence-electron chi connectivity index (χ4n) is 3.53. The number of benzene rings is 2. The topological polar surface area (TPSA) is 9.23 Å². The second-order valence-electron chi connectivity index (χ2n) is 6.27. The summed E-state index contributed by atoms with van der Waals surface area (Å²) in [4.78, 5) is 0. The fourth-order valence-corrected chi connectivity index (χ4v) is 3.53. The van der Waals surface area contributed by atoms with Gasteiger partial charge in [0.05, 0.1) is 0 Å². The van der Waals surface area contributed by atoms with Gasteiger partial charge in [0.1, 0.15) is 11.5 Å². The van der Waals surface area contributed by atoms with E-state index in [1.165, 1.54) is 12.1 Å². The third-order valence-corrected chi connectivity index (χ3v) is 4.90. The highest BCUT2D eigenvalue weighted by Gasteiger charge is 2.69. The van der Waals surface area contributed by atoms with Crippen molar-refractivity contribution in [3.8, 4) is 11.5 Å². The standard InChI is InChI=1S/C18H16F2O/c19-18(20,17-10-13(11-17)12-17)14-6-8-16(9-7-14)21-15-4-2-1-3-5-15/h1-9,13H,10-12H2. The van der Waals surface area contributed by atoms with Crippen LogP contribution in [0.1, 0.15) is 24.8 Å². The Hall–Kier alpha value is -1.90. The van der Waals surface area contributed by atoms with Crippen molar-refractivity contribution in [1.82, 2.24) is 0 Å². The van der Waals surface area contributed by atoms with E-state index < -0.39 is 11.3 Å². The van der Waals surface area contributed by atoms with E-state index in [1.807, 2.05) is 30.3 Å². The van der Waals surface area contributed by atoms with Gasteiger partial charge in [-0.3, -0.25) is 0 Å². The van der Waals surface area contributed by atoms with Crippen LogP contribution in [0.3, 0.4) is 0 Å². The summed E-state index contributed by atoms with van der Waals surface area (Å²) in [5.74, 6) is -0.876. The van der Waals surface area contributed by atoms with Crippen molar-refractivity contribution in [2.75, 3.05) is 0 Å². The minimum absolute atomic E-state index is 0.112. The van der Waals surface area contributed by atoms with E-state index in [2.05, 4.69) is 0 Å². The molecule has 21 heavy (non-hydrogen) atoms. The smallest absolute Gasteiger partial charge is 0.278 e. The van der Waals surface area contributed by atoms with Crippen LogP contribution in [0.25, 0.3) is 0 Å². The van der Waals surface area contributed by atoms with E-state index in [-0.39, 0.29) is 5.56 Å². The minimum Gasteiger partial charge on any atom is -0.457 e. The first-order valence-corrected chi connectivity index (χ1v) is 7.30. The number of alkyl halides is 2. The van der Waals surface area contributed by atoms with Crippen LogP contribution in [0, 0.1) is 11.3 Å². The maximum atomic E-state index is 14.5. The van der Waals surface area contributed by atoms with Gasteiger partial charge in [0, 0.05) is 11.0 Å². The van der Waals surface area contributed by atoms with Crippen LogP contribution in [0.15, 0.2) is 54.6 Å². The zero-order chi connectivity index (χ0) is 14.5. The Morgan fingerprint density at radius 2 is 1.43 bits per heavy atom. The Morgan fingerprint density at radius 1 is 0.857 bits per heavy atom. The van der Waals surface area contributed by atoms with Crippen LogP contribution in [0.5, 0.6) is 11.5 Å². The van der Waals surface area contributed by atoms with Gasteiger partial charge in [-0.05, 0) is 61.6 Å². The van der Waals surface area contributed by atoms with E-state index in [4.69, 9.17) is 4.74 Å². The van der Waals surface area contributed by atoms with Crippen LogP contribution in [-0.4, -0.2) is 0 Å². The zero-order valence-corrected chi connectivity index (χ0v) is 11.6. The molecule has 0 heterocycles. The molecule has 0 atom stereocenters. The number of hydrogen-bond acceptors (Lipinski definition) is 1. The summed E-state index contributed by atoms with van der Waals surface area (Å²) in [7, 11) is 0. The fraction of sp³-hybridized carbons (Fsp3) is 0.333. The first kappa shape index (κ1) is 12.8. The maximum absolute atomic E-state index is 14.5. The van der Waals surface area contributed by atoms with Gasteiger partial charge in [0.15, 0.2) is 0 Å². The van der Waals surface area contributed by atoms with E-state index in [0.717, 1.165) is 0 Å². The summed E-state index contributed by atoms with van der Waals surface area (Å²) in [6, 6.07) is 15.6. The molecule has 0 radical (unpaired) electrons. The molecule has 3 saturated carbocycles. The molecular weight excluding hydrogens is 270 g/mol. The van der Waals surface area contributed by atoms with Gasteiger partial charge in [-0.1, -0.05) is 18.2 Å². The van der Waals surface area contributed by atoms with Crippen molar-refractivity contribution in [3.63, 3.8) is 0 Å². The zero-order valence-electron chi connectivity index (χ0n) is 11.6. The molecule has 0 saturated heterocycles. The molecule has 3 aliphatic carbocycles. The van der Waals surface area contributed by atoms with Gasteiger partial charge < -0.3 is 4.74 Å². The van der Waals surface area contributed by atoms with Gasteiger partial charge in [-0.25, -0.2) is 8.78 Å². The highest BCUT2D eigenvalue weighted by atomic mass is 19.3. The quantitative estimate of drug-likeness (QED) is 0.734. The maximum Gasteiger partial charge on any atom is 0.278 e. The molecule has 2 aromatic rings. The molecule has 0 spiro atoms. The summed E-state index contributed by atoms with van der Waals surface area (Å²) in [6.07, 6.45) is 2.05.